The van der Waals surface area contributed by atoms with Crippen LogP contribution in [0, 0.1) is 0 Å². The maximum Gasteiger partial charge on any atom is 0.418 e. The van der Waals surface area contributed by atoms with Crippen molar-refractivity contribution >= 4 is 65.8 Å². The molecule has 1 N–H and O–H groups in total. The van der Waals surface area contributed by atoms with Crippen molar-refractivity contribution in [3.63, 3.8) is 0 Å². The highest BCUT2D eigenvalue weighted by molar-refractivity contribution is 9.12. The third-order valence-corrected chi connectivity index (χ3v) is 9.48. The molecule has 0 aromatic heterocycles. The standard InChI is InChI=1S/C8H8Cl5NO2S/c1-14(8(15)16)17(10,11,12,13)7-5-3-2-4-6(7)9/h2-5H,1H3,(H,15,16). The van der Waals surface area contributed by atoms with Gasteiger partial charge in [0.2, 0.25) is 0 Å². The topological polar surface area (TPSA) is 40.5 Å². The predicted molar refractivity (Wildman–Crippen MR) is 76.5 cm³/mol. The lowest BCUT2D eigenvalue weighted by Crippen LogP contribution is -2.35. The van der Waals surface area contributed by atoms with E-state index in [2.05, 4.69) is 0 Å². The monoisotopic (exact) mass is 357 g/mol. The van der Waals surface area contributed by atoms with Gasteiger partial charge in [0.05, 0.1) is 9.92 Å². The first-order valence-corrected chi connectivity index (χ1v) is 10.2. The van der Waals surface area contributed by atoms with Crippen LogP contribution in [0.1, 0.15) is 0 Å². The fourth-order valence-corrected chi connectivity index (χ4v) is 5.98. The highest BCUT2D eigenvalue weighted by Gasteiger charge is 2.62. The Morgan fingerprint density at radius 1 is 1.24 bits per heavy atom. The first kappa shape index (κ1) is 15.3. The molecular formula is C8H8Cl5NO2S. The molecule has 1 aromatic rings. The van der Waals surface area contributed by atoms with E-state index in [4.69, 9.17) is 59.4 Å². The number of carbonyl (C=O) groups is 1. The molecule has 0 radical (unpaired) electrons. The summed E-state index contributed by atoms with van der Waals surface area (Å²) in [5.41, 5.74) is 0. The number of nitrogens with zero attached hydrogens (tertiary/aromatic N) is 1. The zero-order valence-corrected chi connectivity index (χ0v) is 13.0. The van der Waals surface area contributed by atoms with E-state index in [1.54, 1.807) is 12.1 Å². The molecule has 0 saturated heterocycles. The Morgan fingerprint density at radius 2 is 1.71 bits per heavy atom. The quantitative estimate of drug-likeness (QED) is 0.734. The highest BCUT2D eigenvalue weighted by atomic mass is 36.4. The van der Waals surface area contributed by atoms with Crippen molar-refractivity contribution in [3.05, 3.63) is 29.3 Å². The molecule has 0 aliphatic rings. The van der Waals surface area contributed by atoms with Crippen LogP contribution in [0.2, 0.25) is 5.02 Å². The van der Waals surface area contributed by atoms with Gasteiger partial charge in [0.15, 0.2) is 0 Å². The fourth-order valence-electron chi connectivity index (χ4n) is 1.07. The van der Waals surface area contributed by atoms with Gasteiger partial charge in [-0.1, -0.05) is 23.7 Å². The Hall–Kier alpha value is 0.290. The van der Waals surface area contributed by atoms with Gasteiger partial charge in [-0.05, 0) is 54.9 Å². The molecule has 0 aliphatic heterocycles. The van der Waals surface area contributed by atoms with Crippen molar-refractivity contribution in [1.29, 1.82) is 0 Å². The molecule has 98 valence electrons. The van der Waals surface area contributed by atoms with Gasteiger partial charge in [-0.15, -0.1) is 0 Å². The molecule has 0 aliphatic carbocycles. The third kappa shape index (κ3) is 2.67. The molecule has 9 heteroatoms. The van der Waals surface area contributed by atoms with E-state index in [0.717, 1.165) is 7.05 Å². The van der Waals surface area contributed by atoms with Crippen LogP contribution >= 0.6 is 59.7 Å². The highest BCUT2D eigenvalue weighted by Crippen LogP contribution is 3.10. The van der Waals surface area contributed by atoms with Crippen molar-refractivity contribution in [2.24, 2.45) is 0 Å². The zero-order valence-electron chi connectivity index (χ0n) is 8.41. The van der Waals surface area contributed by atoms with Crippen LogP contribution in [0.5, 0.6) is 0 Å². The average Bonchev–Trinajstić information content (AvgIpc) is 2.15. The van der Waals surface area contributed by atoms with Gasteiger partial charge in [0, 0.05) is 12.4 Å². The first-order valence-electron chi connectivity index (χ1n) is 4.12. The van der Waals surface area contributed by atoms with Gasteiger partial charge in [-0.2, -0.15) is 0 Å². The molecule has 0 spiro atoms. The molecule has 1 aromatic carbocycles. The lowest BCUT2D eigenvalue weighted by Gasteiger charge is -2.62. The van der Waals surface area contributed by atoms with Crippen molar-refractivity contribution in [1.82, 2.24) is 4.31 Å². The summed E-state index contributed by atoms with van der Waals surface area (Å²) in [7, 11) is 25.5. The molecule has 17 heavy (non-hydrogen) atoms. The second kappa shape index (κ2) is 3.89. The third-order valence-electron chi connectivity index (χ3n) is 2.09. The zero-order chi connectivity index (χ0) is 13.5. The fraction of sp³-hybridized carbons (Fsp3) is 0.125. The maximum atomic E-state index is 11.0. The Kier molecular flexibility index (Phi) is 3.51. The van der Waals surface area contributed by atoms with Crippen molar-refractivity contribution in [3.8, 4) is 0 Å². The van der Waals surface area contributed by atoms with Crippen LogP contribution in [0.25, 0.3) is 0 Å². The van der Waals surface area contributed by atoms with E-state index in [1.165, 1.54) is 12.1 Å². The number of hydrogen-bond acceptors (Lipinski definition) is 1. The van der Waals surface area contributed by atoms with E-state index >= 15 is 0 Å². The van der Waals surface area contributed by atoms with E-state index in [1.807, 2.05) is 0 Å². The summed E-state index contributed by atoms with van der Waals surface area (Å²) in [6.45, 7) is 0. The summed E-state index contributed by atoms with van der Waals surface area (Å²) < 4.78 is 0.466. The number of halogens is 5. The number of benzene rings is 1. The van der Waals surface area contributed by atoms with Crippen LogP contribution < -0.4 is 0 Å². The summed E-state index contributed by atoms with van der Waals surface area (Å²) in [5.74, 6) is 0. The van der Waals surface area contributed by atoms with Gasteiger partial charge in [0.25, 0.3) is 0 Å². The van der Waals surface area contributed by atoms with Crippen LogP contribution in [0.15, 0.2) is 29.2 Å². The molecule has 0 fully saturated rings. The summed E-state index contributed by atoms with van der Waals surface area (Å²) in [6.07, 6.45) is -1.47. The van der Waals surface area contributed by atoms with Crippen LogP contribution in [0.3, 0.4) is 0 Å². The Bertz CT molecular complexity index is 485. The van der Waals surface area contributed by atoms with Crippen LogP contribution in [-0.2, 0) is 0 Å². The number of rotatable bonds is 2. The lowest BCUT2D eigenvalue weighted by atomic mass is 10.4. The molecule has 0 atom stereocenters. The van der Waals surface area contributed by atoms with E-state index in [0.29, 0.717) is 4.31 Å². The summed E-state index contributed by atoms with van der Waals surface area (Å²) >= 11 is 5.91. The van der Waals surface area contributed by atoms with Crippen LogP contribution in [-0.4, -0.2) is 22.6 Å². The lowest BCUT2D eigenvalue weighted by molar-refractivity contribution is 0.180. The molecular weight excluding hydrogens is 351 g/mol. The molecule has 0 heterocycles. The van der Waals surface area contributed by atoms with Crippen molar-refractivity contribution in [2.45, 2.75) is 4.90 Å². The molecule has 0 unspecified atom stereocenters. The van der Waals surface area contributed by atoms with E-state index in [9.17, 15) is 4.79 Å². The number of hydrogen-bond donors (Lipinski definition) is 1. The van der Waals surface area contributed by atoms with Crippen molar-refractivity contribution < 1.29 is 9.90 Å². The van der Waals surface area contributed by atoms with Gasteiger partial charge >= 0.3 is 6.09 Å². The van der Waals surface area contributed by atoms with E-state index < -0.39 is 11.4 Å². The normalized spacial score (nSPS) is 15.9. The van der Waals surface area contributed by atoms with Gasteiger partial charge in [0.1, 0.15) is 0 Å². The predicted octanol–water partition coefficient (Wildman–Crippen LogP) is 5.71. The van der Waals surface area contributed by atoms with Gasteiger partial charge in [-0.3, -0.25) is 0 Å². The summed E-state index contributed by atoms with van der Waals surface area (Å²) in [5, 5.41) is 3.83. The van der Waals surface area contributed by atoms with Crippen molar-refractivity contribution in [2.75, 3.05) is 7.05 Å². The first-order chi connectivity index (χ1) is 7.40. The molecule has 3 nitrogen and oxygen atoms in total. The summed E-state index contributed by atoms with van der Waals surface area (Å²) in [6, 6.07) is 6.00. The van der Waals surface area contributed by atoms with Crippen LogP contribution in [0.4, 0.5) is 4.79 Å². The summed E-state index contributed by atoms with van der Waals surface area (Å²) in [4.78, 5) is 11.0. The maximum absolute atomic E-state index is 11.0. The molecule has 1 rings (SSSR count). The minimum Gasteiger partial charge on any atom is -0.464 e. The minimum absolute atomic E-state index is 0.0502. The second-order valence-corrected chi connectivity index (χ2v) is 18.6. The van der Waals surface area contributed by atoms with E-state index in [-0.39, 0.29) is 9.92 Å². The van der Waals surface area contributed by atoms with Gasteiger partial charge < -0.3 is 5.11 Å². The number of amides is 1. The molecule has 1 amide bonds. The Labute approximate surface area is 121 Å². The molecule has 0 saturated carbocycles. The smallest absolute Gasteiger partial charge is 0.418 e. The second-order valence-electron chi connectivity index (χ2n) is 3.24. The minimum atomic E-state index is -5.23. The SMILES string of the molecule is CN(C(=O)O)S(Cl)(Cl)(Cl)(Cl)c1ccccc1Cl. The number of carboxylic acid groups (broad SMARTS) is 1. The van der Waals surface area contributed by atoms with Gasteiger partial charge in [-0.25, -0.2) is 9.10 Å². The molecule has 0 bridgehead atoms. The Balaban J connectivity index is 3.63. The largest absolute Gasteiger partial charge is 0.464 e. The average molecular weight is 359 g/mol. The Morgan fingerprint density at radius 3 is 2.12 bits per heavy atom.